The first kappa shape index (κ1) is 22.4. The van der Waals surface area contributed by atoms with Gasteiger partial charge < -0.3 is 19.9 Å². The molecule has 0 heterocycles. The van der Waals surface area contributed by atoms with Gasteiger partial charge in [-0.1, -0.05) is 24.3 Å². The lowest BCUT2D eigenvalue weighted by Gasteiger charge is -2.12. The minimum absolute atomic E-state index is 0.0658. The summed E-state index contributed by atoms with van der Waals surface area (Å²) in [6, 6.07) is 19.3. The second kappa shape index (κ2) is 10.2. The van der Waals surface area contributed by atoms with Crippen LogP contribution in [0.15, 0.2) is 66.2 Å². The molecule has 0 radical (unpaired) electrons. The number of phenolic OH excluding ortho intramolecular Hbond substituents is 1. The topological polar surface area (TPSA) is 91.6 Å². The first-order valence-corrected chi connectivity index (χ1v) is 9.98. The van der Waals surface area contributed by atoms with E-state index < -0.39 is 5.91 Å². The van der Waals surface area contributed by atoms with E-state index in [2.05, 4.69) is 31.3 Å². The van der Waals surface area contributed by atoms with E-state index in [0.717, 1.165) is 5.56 Å². The van der Waals surface area contributed by atoms with E-state index in [1.807, 2.05) is 12.1 Å². The average molecular weight is 428 g/mol. The summed E-state index contributed by atoms with van der Waals surface area (Å²) >= 11 is 0. The fraction of sp³-hybridized carbons (Fsp3) is 0.154. The summed E-state index contributed by atoms with van der Waals surface area (Å²) in [4.78, 5) is 12.4. The van der Waals surface area contributed by atoms with Crippen LogP contribution in [0.2, 0.25) is 0 Å². The lowest BCUT2D eigenvalue weighted by atomic mass is 10.1. The fourth-order valence-corrected chi connectivity index (χ4v) is 3.01. The summed E-state index contributed by atoms with van der Waals surface area (Å²) in [5.74, 6) is 0.604. The van der Waals surface area contributed by atoms with Gasteiger partial charge in [0.15, 0.2) is 11.5 Å². The van der Waals surface area contributed by atoms with Crippen molar-refractivity contribution in [3.05, 3.63) is 88.5 Å². The number of aromatic hydroxyl groups is 1. The van der Waals surface area contributed by atoms with Crippen molar-refractivity contribution in [1.82, 2.24) is 0 Å². The molecule has 1 amide bonds. The van der Waals surface area contributed by atoms with E-state index in [1.165, 1.54) is 36.4 Å². The van der Waals surface area contributed by atoms with E-state index in [9.17, 15) is 15.2 Å². The highest BCUT2D eigenvalue weighted by Crippen LogP contribution is 2.30. The van der Waals surface area contributed by atoms with Gasteiger partial charge in [-0.25, -0.2) is 0 Å². The zero-order valence-corrected chi connectivity index (χ0v) is 18.2. The number of aryl methyl sites for hydroxylation is 2. The van der Waals surface area contributed by atoms with Gasteiger partial charge in [0.2, 0.25) is 0 Å². The highest BCUT2D eigenvalue weighted by molar-refractivity contribution is 6.09. The summed E-state index contributed by atoms with van der Waals surface area (Å²) in [7, 11) is 1.54. The first-order valence-electron chi connectivity index (χ1n) is 9.98. The Morgan fingerprint density at radius 1 is 1.03 bits per heavy atom. The molecule has 3 rings (SSSR count). The Morgan fingerprint density at radius 2 is 1.78 bits per heavy atom. The van der Waals surface area contributed by atoms with Gasteiger partial charge in [0, 0.05) is 5.69 Å². The van der Waals surface area contributed by atoms with Crippen molar-refractivity contribution < 1.29 is 19.4 Å². The van der Waals surface area contributed by atoms with E-state index in [1.54, 1.807) is 30.3 Å². The fourth-order valence-electron chi connectivity index (χ4n) is 3.01. The smallest absolute Gasteiger partial charge is 0.266 e. The van der Waals surface area contributed by atoms with Crippen LogP contribution in [0.5, 0.6) is 17.2 Å². The van der Waals surface area contributed by atoms with E-state index in [4.69, 9.17) is 9.47 Å². The van der Waals surface area contributed by atoms with Crippen LogP contribution in [-0.2, 0) is 11.4 Å². The van der Waals surface area contributed by atoms with Crippen molar-refractivity contribution in [2.75, 3.05) is 12.4 Å². The monoisotopic (exact) mass is 428 g/mol. The Morgan fingerprint density at radius 3 is 2.44 bits per heavy atom. The minimum atomic E-state index is -0.549. The van der Waals surface area contributed by atoms with Gasteiger partial charge in [-0.05, 0) is 78.6 Å². The normalized spacial score (nSPS) is 10.9. The molecule has 0 atom stereocenters. The van der Waals surface area contributed by atoms with E-state index >= 15 is 0 Å². The van der Waals surface area contributed by atoms with Crippen LogP contribution in [-0.4, -0.2) is 18.1 Å². The number of nitriles is 1. The number of hydrogen-bond donors (Lipinski definition) is 2. The van der Waals surface area contributed by atoms with Gasteiger partial charge in [0.05, 0.1) is 7.11 Å². The summed E-state index contributed by atoms with van der Waals surface area (Å²) in [5, 5.41) is 21.4. The number of nitrogens with one attached hydrogen (secondary N) is 1. The lowest BCUT2D eigenvalue weighted by Crippen LogP contribution is -2.13. The van der Waals surface area contributed by atoms with Gasteiger partial charge in [-0.2, -0.15) is 5.26 Å². The summed E-state index contributed by atoms with van der Waals surface area (Å²) in [6.07, 6.45) is 1.48. The Bertz CT molecular complexity index is 1190. The van der Waals surface area contributed by atoms with Crippen LogP contribution < -0.4 is 14.8 Å². The zero-order chi connectivity index (χ0) is 23.1. The van der Waals surface area contributed by atoms with E-state index in [-0.39, 0.29) is 11.3 Å². The zero-order valence-electron chi connectivity index (χ0n) is 18.2. The average Bonchev–Trinajstić information content (AvgIpc) is 2.80. The SMILES string of the molecule is COc1cc(/C=C(\C#N)C(=O)Nc2ccc(O)cc2)ccc1OCc1ccc(C)c(C)c1. The molecule has 0 saturated heterocycles. The number of ether oxygens (including phenoxy) is 2. The molecule has 6 heteroatoms. The molecule has 0 aromatic heterocycles. The molecule has 0 bridgehead atoms. The molecule has 3 aromatic carbocycles. The Labute approximate surface area is 187 Å². The number of hydrogen-bond acceptors (Lipinski definition) is 5. The molecule has 6 nitrogen and oxygen atoms in total. The van der Waals surface area contributed by atoms with Crippen molar-refractivity contribution in [1.29, 1.82) is 5.26 Å². The maximum atomic E-state index is 12.4. The van der Waals surface area contributed by atoms with Crippen LogP contribution in [0.1, 0.15) is 22.3 Å². The van der Waals surface area contributed by atoms with Gasteiger partial charge in [0.25, 0.3) is 5.91 Å². The number of rotatable bonds is 7. The highest BCUT2D eigenvalue weighted by atomic mass is 16.5. The Balaban J connectivity index is 1.74. The molecule has 0 aliphatic carbocycles. The molecule has 0 spiro atoms. The third kappa shape index (κ3) is 5.67. The van der Waals surface area contributed by atoms with Gasteiger partial charge in [0.1, 0.15) is 24.0 Å². The van der Waals surface area contributed by atoms with Crippen LogP contribution in [0.25, 0.3) is 6.08 Å². The molecule has 2 N–H and O–H groups in total. The lowest BCUT2D eigenvalue weighted by molar-refractivity contribution is -0.112. The molecule has 0 unspecified atom stereocenters. The standard InChI is InChI=1S/C26H24N2O4/c1-17-4-5-20(12-18(17)2)16-32-24-11-6-19(14-25(24)31-3)13-21(15-27)26(30)28-22-7-9-23(29)10-8-22/h4-14,29H,16H2,1-3H3,(H,28,30)/b21-13+. The second-order valence-electron chi connectivity index (χ2n) is 7.29. The Hall–Kier alpha value is -4.24. The highest BCUT2D eigenvalue weighted by Gasteiger charge is 2.12. The summed E-state index contributed by atoms with van der Waals surface area (Å²) in [5.41, 5.74) is 4.51. The maximum absolute atomic E-state index is 12.4. The number of nitrogens with zero attached hydrogens (tertiary/aromatic N) is 1. The second-order valence-corrected chi connectivity index (χ2v) is 7.29. The van der Waals surface area contributed by atoms with E-state index in [0.29, 0.717) is 29.4 Å². The number of carbonyl (C=O) groups is 1. The summed E-state index contributed by atoms with van der Waals surface area (Å²) < 4.78 is 11.4. The molecule has 0 aliphatic rings. The van der Waals surface area contributed by atoms with Crippen LogP contribution in [0.3, 0.4) is 0 Å². The van der Waals surface area contributed by atoms with Crippen molar-refractivity contribution >= 4 is 17.7 Å². The molecular formula is C26H24N2O4. The molecule has 3 aromatic rings. The van der Waals surface area contributed by atoms with Crippen molar-refractivity contribution in [3.63, 3.8) is 0 Å². The Kier molecular flexibility index (Phi) is 7.14. The predicted octanol–water partition coefficient (Wildman–Crippen LogP) is 5.14. The minimum Gasteiger partial charge on any atom is -0.508 e. The number of carbonyl (C=O) groups excluding carboxylic acids is 1. The number of benzene rings is 3. The van der Waals surface area contributed by atoms with Gasteiger partial charge >= 0.3 is 0 Å². The molecule has 32 heavy (non-hydrogen) atoms. The number of methoxy groups -OCH3 is 1. The third-order valence-corrected chi connectivity index (χ3v) is 4.95. The van der Waals surface area contributed by atoms with Crippen LogP contribution >= 0.6 is 0 Å². The quantitative estimate of drug-likeness (QED) is 0.309. The van der Waals surface area contributed by atoms with Crippen LogP contribution in [0.4, 0.5) is 5.69 Å². The molecule has 162 valence electrons. The maximum Gasteiger partial charge on any atom is 0.266 e. The third-order valence-electron chi connectivity index (χ3n) is 4.95. The molecular weight excluding hydrogens is 404 g/mol. The van der Waals surface area contributed by atoms with Gasteiger partial charge in [-0.3, -0.25) is 4.79 Å². The first-order chi connectivity index (χ1) is 15.4. The molecule has 0 aliphatic heterocycles. The number of phenols is 1. The predicted molar refractivity (Wildman–Crippen MR) is 124 cm³/mol. The number of amides is 1. The number of anilines is 1. The summed E-state index contributed by atoms with van der Waals surface area (Å²) in [6.45, 7) is 4.52. The van der Waals surface area contributed by atoms with Crippen molar-refractivity contribution in [2.45, 2.75) is 20.5 Å². The molecule has 0 fully saturated rings. The van der Waals surface area contributed by atoms with Crippen molar-refractivity contribution in [2.24, 2.45) is 0 Å². The largest absolute Gasteiger partial charge is 0.508 e. The molecule has 0 saturated carbocycles. The van der Waals surface area contributed by atoms with Crippen molar-refractivity contribution in [3.8, 4) is 23.3 Å². The van der Waals surface area contributed by atoms with Gasteiger partial charge in [-0.15, -0.1) is 0 Å². The van der Waals surface area contributed by atoms with Crippen LogP contribution in [0, 0.1) is 25.2 Å².